The Labute approximate surface area is 407 Å². The Bertz CT molecular complexity index is 2060. The quantitative estimate of drug-likeness (QED) is 0.0984. The molecule has 1 spiro atoms. The molecule has 2 fully saturated rings. The predicted molar refractivity (Wildman–Crippen MR) is 259 cm³/mol. The van der Waals surface area contributed by atoms with E-state index in [-0.39, 0.29) is 82.9 Å². The standard InChI is InChI=1S/C53H77F2N5O9/c1-35(2)27-41(57-45(63)40(28-37-19-13-11-14-20-37)31-44(62)42(29-38-21-15-12-16-22-38)58-49(67)69-51(8,9)10)43(61)30-39(23-17-18-25-56-48(66)68-50(5,6)7)47(65)60-32-52(33-60)24-26-59(34-53(52,54)55)46(64)36(3)4/h11-16,19-22,35-36,39-42H,17-18,23-34H2,1-10H3,(H,56,66)(H,57,63)(H,58,67)/t39-,40-,41+,42+/m0/s1. The smallest absolute Gasteiger partial charge is 0.408 e. The molecule has 14 nitrogen and oxygen atoms in total. The van der Waals surface area contributed by atoms with E-state index in [0.29, 0.717) is 12.8 Å². The van der Waals surface area contributed by atoms with Crippen LogP contribution in [0.3, 0.4) is 0 Å². The summed E-state index contributed by atoms with van der Waals surface area (Å²) in [5.74, 6) is -7.79. The number of ketones is 2. The molecular weight excluding hydrogens is 889 g/mol. The van der Waals surface area contributed by atoms with Gasteiger partial charge < -0.3 is 35.2 Å². The van der Waals surface area contributed by atoms with Crippen LogP contribution in [0.25, 0.3) is 0 Å². The molecule has 16 heteroatoms. The highest BCUT2D eigenvalue weighted by Gasteiger charge is 2.64. The van der Waals surface area contributed by atoms with E-state index >= 15 is 8.78 Å². The van der Waals surface area contributed by atoms with Gasteiger partial charge >= 0.3 is 12.2 Å². The van der Waals surface area contributed by atoms with Crippen molar-refractivity contribution in [3.63, 3.8) is 0 Å². The molecule has 2 heterocycles. The van der Waals surface area contributed by atoms with Crippen molar-refractivity contribution in [1.82, 2.24) is 25.8 Å². The van der Waals surface area contributed by atoms with Crippen molar-refractivity contribution in [1.29, 1.82) is 0 Å². The zero-order valence-electron chi connectivity index (χ0n) is 42.5. The van der Waals surface area contributed by atoms with Crippen LogP contribution in [-0.2, 0) is 46.3 Å². The summed E-state index contributed by atoms with van der Waals surface area (Å²) in [6.45, 7) is 16.7. The first-order valence-electron chi connectivity index (χ1n) is 24.5. The maximum absolute atomic E-state index is 15.9. The number of halogens is 2. The first-order chi connectivity index (χ1) is 32.2. The van der Waals surface area contributed by atoms with Gasteiger partial charge in [-0.05, 0) is 97.1 Å². The molecule has 3 N–H and O–H groups in total. The van der Waals surface area contributed by atoms with Crippen molar-refractivity contribution in [2.24, 2.45) is 29.1 Å². The summed E-state index contributed by atoms with van der Waals surface area (Å²) < 4.78 is 42.5. The van der Waals surface area contributed by atoms with Gasteiger partial charge in [0.05, 0.1) is 24.0 Å². The Kier molecular flexibility index (Phi) is 19.9. The van der Waals surface area contributed by atoms with E-state index < -0.39 is 94.5 Å². The van der Waals surface area contributed by atoms with Crippen LogP contribution in [0.15, 0.2) is 60.7 Å². The minimum atomic E-state index is -3.23. The number of unbranched alkanes of at least 4 members (excludes halogenated alkanes) is 1. The average molecular weight is 966 g/mol. The van der Waals surface area contributed by atoms with Gasteiger partial charge in [0.15, 0.2) is 11.6 Å². The van der Waals surface area contributed by atoms with Crippen molar-refractivity contribution in [3.8, 4) is 0 Å². The number of alkyl carbamates (subject to hydrolysis) is 2. The molecule has 2 saturated heterocycles. The van der Waals surface area contributed by atoms with Crippen molar-refractivity contribution < 1.29 is 51.8 Å². The Morgan fingerprint density at radius 3 is 1.72 bits per heavy atom. The fourth-order valence-electron chi connectivity index (χ4n) is 8.90. The zero-order valence-corrected chi connectivity index (χ0v) is 42.5. The molecule has 4 atom stereocenters. The van der Waals surface area contributed by atoms with Gasteiger partial charge in [-0.2, -0.15) is 0 Å². The lowest BCUT2D eigenvalue weighted by Crippen LogP contribution is -2.72. The van der Waals surface area contributed by atoms with Gasteiger partial charge in [-0.25, -0.2) is 18.4 Å². The Balaban J connectivity index is 1.56. The summed E-state index contributed by atoms with van der Waals surface area (Å²) in [5, 5.41) is 8.37. The minimum Gasteiger partial charge on any atom is -0.444 e. The molecule has 382 valence electrons. The first-order valence-corrected chi connectivity index (χ1v) is 24.5. The van der Waals surface area contributed by atoms with Crippen LogP contribution in [0.5, 0.6) is 0 Å². The number of alkyl halides is 2. The van der Waals surface area contributed by atoms with Gasteiger partial charge in [0.25, 0.3) is 5.92 Å². The number of amides is 5. The molecule has 0 saturated carbocycles. The number of nitrogens with zero attached hydrogens (tertiary/aromatic N) is 2. The topological polar surface area (TPSA) is 181 Å². The molecule has 2 aliphatic rings. The monoisotopic (exact) mass is 966 g/mol. The summed E-state index contributed by atoms with van der Waals surface area (Å²) in [7, 11) is 0. The van der Waals surface area contributed by atoms with Gasteiger partial charge in [0.1, 0.15) is 11.2 Å². The largest absolute Gasteiger partial charge is 0.444 e. The van der Waals surface area contributed by atoms with Crippen LogP contribution in [0.4, 0.5) is 18.4 Å². The van der Waals surface area contributed by atoms with Crippen LogP contribution in [0.1, 0.15) is 125 Å². The van der Waals surface area contributed by atoms with Crippen molar-refractivity contribution in [2.45, 2.75) is 156 Å². The number of hydrogen-bond donors (Lipinski definition) is 3. The summed E-state index contributed by atoms with van der Waals surface area (Å²) in [6, 6.07) is 16.2. The van der Waals surface area contributed by atoms with Crippen LogP contribution in [0.2, 0.25) is 0 Å². The van der Waals surface area contributed by atoms with E-state index in [1.165, 1.54) is 9.80 Å². The third kappa shape index (κ3) is 17.5. The van der Waals surface area contributed by atoms with E-state index in [1.54, 1.807) is 55.4 Å². The van der Waals surface area contributed by atoms with Crippen LogP contribution < -0.4 is 16.0 Å². The van der Waals surface area contributed by atoms with Crippen molar-refractivity contribution in [3.05, 3.63) is 71.8 Å². The number of Topliss-reactive ketones (excluding diaryl/α,β-unsaturated/α-hetero) is 2. The highest BCUT2D eigenvalue weighted by molar-refractivity contribution is 5.95. The molecule has 0 radical (unpaired) electrons. The highest BCUT2D eigenvalue weighted by Crippen LogP contribution is 2.51. The van der Waals surface area contributed by atoms with Gasteiger partial charge in [0.2, 0.25) is 17.7 Å². The fraction of sp³-hybridized carbons (Fsp3) is 0.642. The molecule has 0 aliphatic carbocycles. The third-order valence-corrected chi connectivity index (χ3v) is 12.5. The Morgan fingerprint density at radius 2 is 1.19 bits per heavy atom. The predicted octanol–water partition coefficient (Wildman–Crippen LogP) is 8.09. The van der Waals surface area contributed by atoms with Gasteiger partial charge in [0, 0.05) is 56.8 Å². The zero-order chi connectivity index (χ0) is 51.3. The van der Waals surface area contributed by atoms with E-state index in [9.17, 15) is 33.6 Å². The number of hydrogen-bond acceptors (Lipinski definition) is 9. The number of carbonyl (C=O) groups excluding carboxylic acids is 7. The van der Waals surface area contributed by atoms with E-state index in [0.717, 1.165) is 11.1 Å². The first kappa shape index (κ1) is 56.2. The summed E-state index contributed by atoms with van der Waals surface area (Å²) in [4.78, 5) is 98.2. The Morgan fingerprint density at radius 1 is 0.652 bits per heavy atom. The number of carbonyl (C=O) groups is 7. The average Bonchev–Trinajstić information content (AvgIpc) is 3.22. The number of benzene rings is 2. The van der Waals surface area contributed by atoms with Crippen LogP contribution >= 0.6 is 0 Å². The van der Waals surface area contributed by atoms with E-state index in [1.807, 2.05) is 74.5 Å². The van der Waals surface area contributed by atoms with Crippen LogP contribution in [0, 0.1) is 29.1 Å². The third-order valence-electron chi connectivity index (χ3n) is 12.5. The molecule has 4 rings (SSSR count). The molecule has 0 aromatic heterocycles. The molecular formula is C53H77F2N5O9. The minimum absolute atomic E-state index is 0.0292. The van der Waals surface area contributed by atoms with Gasteiger partial charge in [-0.1, -0.05) is 94.8 Å². The summed E-state index contributed by atoms with van der Waals surface area (Å²) in [6.07, 6.45) is -0.341. The number of piperidine rings is 1. The molecule has 5 amide bonds. The molecule has 0 bridgehead atoms. The molecule has 0 unspecified atom stereocenters. The molecule has 69 heavy (non-hydrogen) atoms. The summed E-state index contributed by atoms with van der Waals surface area (Å²) >= 11 is 0. The van der Waals surface area contributed by atoms with Crippen LogP contribution in [-0.4, -0.2) is 113 Å². The second-order valence-electron chi connectivity index (χ2n) is 21.8. The lowest BCUT2D eigenvalue weighted by atomic mass is 9.68. The number of nitrogens with one attached hydrogen (secondary N) is 3. The Hall–Kier alpha value is -5.41. The second kappa shape index (κ2) is 24.4. The van der Waals surface area contributed by atoms with Crippen molar-refractivity contribution in [2.75, 3.05) is 32.7 Å². The number of rotatable bonds is 22. The molecule has 2 aromatic rings. The second-order valence-corrected chi connectivity index (χ2v) is 21.8. The SMILES string of the molecule is CC(C)C[C@@H](NC(=O)[C@H](CC(=O)[C@@H](Cc1ccccc1)NC(=O)OC(C)(C)C)Cc1ccccc1)C(=O)C[C@H](CCCCNC(=O)OC(C)(C)C)C(=O)N1CC2(CCN(C(=O)C(C)C)CC2(F)F)C1. The van der Waals surface area contributed by atoms with E-state index in [2.05, 4.69) is 16.0 Å². The lowest BCUT2D eigenvalue weighted by molar-refractivity contribution is -0.226. The maximum Gasteiger partial charge on any atom is 0.408 e. The number of ether oxygens (including phenoxy) is 2. The summed E-state index contributed by atoms with van der Waals surface area (Å²) in [5.41, 5.74) is -1.46. The van der Waals surface area contributed by atoms with E-state index in [4.69, 9.17) is 9.47 Å². The lowest BCUT2D eigenvalue weighted by Gasteiger charge is -2.57. The van der Waals surface area contributed by atoms with Gasteiger partial charge in [-0.15, -0.1) is 0 Å². The highest BCUT2D eigenvalue weighted by atomic mass is 19.3. The van der Waals surface area contributed by atoms with Crippen molar-refractivity contribution >= 4 is 41.5 Å². The van der Waals surface area contributed by atoms with Gasteiger partial charge in [-0.3, -0.25) is 24.0 Å². The fourth-order valence-corrected chi connectivity index (χ4v) is 8.90. The number of likely N-dealkylation sites (tertiary alicyclic amines) is 2. The normalized spacial score (nSPS) is 17.2. The maximum atomic E-state index is 15.9. The molecule has 2 aromatic carbocycles. The molecule has 2 aliphatic heterocycles.